The van der Waals surface area contributed by atoms with Crippen LogP contribution < -0.4 is 5.32 Å². The zero-order valence-electron chi connectivity index (χ0n) is 10.4. The van der Waals surface area contributed by atoms with E-state index < -0.39 is 0 Å². The van der Waals surface area contributed by atoms with Crippen LogP contribution in [0.15, 0.2) is 18.2 Å². The van der Waals surface area contributed by atoms with Crippen molar-refractivity contribution in [3.8, 4) is 12.1 Å². The molecule has 0 aromatic heterocycles. The number of carbonyl (C=O) groups excluding carboxylic acids is 1. The highest BCUT2D eigenvalue weighted by atomic mass is 16.1. The molecule has 0 unspecified atom stereocenters. The van der Waals surface area contributed by atoms with Crippen molar-refractivity contribution >= 4 is 11.6 Å². The molecule has 0 radical (unpaired) electrons. The van der Waals surface area contributed by atoms with Crippen LogP contribution in [0.25, 0.3) is 0 Å². The van der Waals surface area contributed by atoms with Crippen LogP contribution in [0.2, 0.25) is 0 Å². The van der Waals surface area contributed by atoms with Gasteiger partial charge in [0.05, 0.1) is 11.1 Å². The zero-order valence-corrected chi connectivity index (χ0v) is 10.4. The molecular formula is C14H15N3O. The number of hydrogen-bond acceptors (Lipinski definition) is 3. The van der Waals surface area contributed by atoms with Crippen molar-refractivity contribution < 1.29 is 4.79 Å². The molecule has 0 aliphatic heterocycles. The summed E-state index contributed by atoms with van der Waals surface area (Å²) in [7, 11) is 0. The molecule has 18 heavy (non-hydrogen) atoms. The Morgan fingerprint density at radius 2 is 1.94 bits per heavy atom. The number of anilines is 1. The molecule has 0 heterocycles. The summed E-state index contributed by atoms with van der Waals surface area (Å²) in [4.78, 5) is 11.6. The maximum atomic E-state index is 11.6. The highest BCUT2D eigenvalue weighted by Gasteiger charge is 2.05. The Bertz CT molecular complexity index is 509. The number of nitriles is 2. The fourth-order valence-electron chi connectivity index (χ4n) is 1.57. The maximum Gasteiger partial charge on any atom is 0.224 e. The first-order valence-corrected chi connectivity index (χ1v) is 5.95. The van der Waals surface area contributed by atoms with Gasteiger partial charge in [0.2, 0.25) is 5.91 Å². The molecule has 0 saturated heterocycles. The van der Waals surface area contributed by atoms with Crippen molar-refractivity contribution in [3.63, 3.8) is 0 Å². The monoisotopic (exact) mass is 241 g/mol. The van der Waals surface area contributed by atoms with Gasteiger partial charge < -0.3 is 5.32 Å². The lowest BCUT2D eigenvalue weighted by Crippen LogP contribution is -2.11. The lowest BCUT2D eigenvalue weighted by atomic mass is 10.1. The van der Waals surface area contributed by atoms with Gasteiger partial charge in [-0.05, 0) is 24.6 Å². The summed E-state index contributed by atoms with van der Waals surface area (Å²) in [6, 6.07) is 8.57. The second kappa shape index (κ2) is 7.09. The number of benzene rings is 1. The Kier molecular flexibility index (Phi) is 5.41. The van der Waals surface area contributed by atoms with Gasteiger partial charge in [-0.25, -0.2) is 0 Å². The minimum Gasteiger partial charge on any atom is -0.326 e. The molecule has 1 N–H and O–H groups in total. The summed E-state index contributed by atoms with van der Waals surface area (Å²) in [6.45, 7) is 2.08. The highest BCUT2D eigenvalue weighted by molar-refractivity contribution is 5.90. The number of hydrogen-bond donors (Lipinski definition) is 1. The van der Waals surface area contributed by atoms with Crippen molar-refractivity contribution in [1.82, 2.24) is 0 Å². The molecule has 0 saturated carbocycles. The van der Waals surface area contributed by atoms with Gasteiger partial charge in [-0.15, -0.1) is 0 Å². The number of nitrogens with one attached hydrogen (secondary N) is 1. The molecule has 4 heteroatoms. The Morgan fingerprint density at radius 1 is 1.22 bits per heavy atom. The first-order valence-electron chi connectivity index (χ1n) is 5.95. The second-order valence-corrected chi connectivity index (χ2v) is 3.99. The minimum absolute atomic E-state index is 0.0583. The number of carbonyl (C=O) groups is 1. The van der Waals surface area contributed by atoms with Crippen LogP contribution in [0, 0.1) is 22.7 Å². The zero-order chi connectivity index (χ0) is 13.4. The molecule has 1 aromatic rings. The first-order chi connectivity index (χ1) is 8.71. The predicted molar refractivity (Wildman–Crippen MR) is 68.6 cm³/mol. The number of amides is 1. The van der Waals surface area contributed by atoms with Gasteiger partial charge in [0.25, 0.3) is 0 Å². The number of nitrogens with zero attached hydrogens (tertiary/aromatic N) is 2. The standard InChI is InChI=1S/C14H15N3O/c1-2-3-4-5-14(18)17-13-7-6-11(9-15)12(8-13)10-16/h6-8H,2-5H2,1H3,(H,17,18). The molecule has 1 amide bonds. The van der Waals surface area contributed by atoms with E-state index in [2.05, 4.69) is 12.2 Å². The number of unbranched alkanes of at least 4 members (excludes halogenated alkanes) is 2. The normalized spacial score (nSPS) is 9.28. The van der Waals surface area contributed by atoms with Crippen LogP contribution in [-0.4, -0.2) is 5.91 Å². The molecule has 0 spiro atoms. The van der Waals surface area contributed by atoms with Gasteiger partial charge in [-0.1, -0.05) is 19.8 Å². The third-order valence-corrected chi connectivity index (χ3v) is 2.55. The number of rotatable bonds is 5. The van der Waals surface area contributed by atoms with E-state index in [-0.39, 0.29) is 11.5 Å². The van der Waals surface area contributed by atoms with E-state index in [1.807, 2.05) is 12.1 Å². The lowest BCUT2D eigenvalue weighted by Gasteiger charge is -2.05. The average molecular weight is 241 g/mol. The minimum atomic E-state index is -0.0583. The summed E-state index contributed by atoms with van der Waals surface area (Å²) in [5.41, 5.74) is 1.16. The lowest BCUT2D eigenvalue weighted by molar-refractivity contribution is -0.116. The topological polar surface area (TPSA) is 76.7 Å². The summed E-state index contributed by atoms with van der Waals surface area (Å²) < 4.78 is 0. The Morgan fingerprint density at radius 3 is 2.56 bits per heavy atom. The molecular weight excluding hydrogens is 226 g/mol. The van der Waals surface area contributed by atoms with Crippen LogP contribution in [0.1, 0.15) is 43.7 Å². The molecule has 0 atom stereocenters. The fraction of sp³-hybridized carbons (Fsp3) is 0.357. The fourth-order valence-corrected chi connectivity index (χ4v) is 1.57. The molecule has 1 rings (SSSR count). The molecule has 0 aliphatic rings. The Labute approximate surface area is 107 Å². The van der Waals surface area contributed by atoms with Crippen LogP contribution in [0.3, 0.4) is 0 Å². The average Bonchev–Trinajstić information content (AvgIpc) is 2.39. The second-order valence-electron chi connectivity index (χ2n) is 3.99. The summed E-state index contributed by atoms with van der Waals surface area (Å²) in [6.07, 6.45) is 3.45. The van der Waals surface area contributed by atoms with Crippen molar-refractivity contribution in [2.24, 2.45) is 0 Å². The SMILES string of the molecule is CCCCCC(=O)Nc1ccc(C#N)c(C#N)c1. The Hall–Kier alpha value is -2.33. The summed E-state index contributed by atoms with van der Waals surface area (Å²) >= 11 is 0. The van der Waals surface area contributed by atoms with Gasteiger partial charge in [0.1, 0.15) is 12.1 Å². The molecule has 0 fully saturated rings. The quantitative estimate of drug-likeness (QED) is 0.805. The highest BCUT2D eigenvalue weighted by Crippen LogP contribution is 2.15. The molecule has 1 aromatic carbocycles. The smallest absolute Gasteiger partial charge is 0.224 e. The third kappa shape index (κ3) is 3.92. The van der Waals surface area contributed by atoms with E-state index in [4.69, 9.17) is 10.5 Å². The Balaban J connectivity index is 2.66. The van der Waals surface area contributed by atoms with Gasteiger partial charge in [-0.3, -0.25) is 4.79 Å². The van der Waals surface area contributed by atoms with Gasteiger partial charge >= 0.3 is 0 Å². The van der Waals surface area contributed by atoms with E-state index >= 15 is 0 Å². The first kappa shape index (κ1) is 13.7. The molecule has 0 aliphatic carbocycles. The molecule has 92 valence electrons. The van der Waals surface area contributed by atoms with E-state index in [9.17, 15) is 4.79 Å². The van der Waals surface area contributed by atoms with Crippen molar-refractivity contribution in [2.75, 3.05) is 5.32 Å². The van der Waals surface area contributed by atoms with Gasteiger partial charge in [-0.2, -0.15) is 10.5 Å². The summed E-state index contributed by atoms with van der Waals surface area (Å²) in [5.74, 6) is -0.0583. The van der Waals surface area contributed by atoms with Gasteiger partial charge in [0, 0.05) is 12.1 Å². The van der Waals surface area contributed by atoms with Gasteiger partial charge in [0.15, 0.2) is 0 Å². The van der Waals surface area contributed by atoms with E-state index in [0.29, 0.717) is 17.7 Å². The predicted octanol–water partition coefficient (Wildman–Crippen LogP) is 2.95. The van der Waals surface area contributed by atoms with E-state index in [0.717, 1.165) is 19.3 Å². The van der Waals surface area contributed by atoms with Crippen LogP contribution in [0.5, 0.6) is 0 Å². The van der Waals surface area contributed by atoms with E-state index in [1.54, 1.807) is 12.1 Å². The van der Waals surface area contributed by atoms with Crippen molar-refractivity contribution in [2.45, 2.75) is 32.6 Å². The largest absolute Gasteiger partial charge is 0.326 e. The maximum absolute atomic E-state index is 11.6. The van der Waals surface area contributed by atoms with E-state index in [1.165, 1.54) is 6.07 Å². The molecule has 0 bridgehead atoms. The third-order valence-electron chi connectivity index (χ3n) is 2.55. The van der Waals surface area contributed by atoms with Crippen LogP contribution in [0.4, 0.5) is 5.69 Å². The van der Waals surface area contributed by atoms with Crippen molar-refractivity contribution in [3.05, 3.63) is 29.3 Å². The van der Waals surface area contributed by atoms with Crippen LogP contribution in [-0.2, 0) is 4.79 Å². The molecule has 4 nitrogen and oxygen atoms in total. The van der Waals surface area contributed by atoms with Crippen LogP contribution >= 0.6 is 0 Å². The van der Waals surface area contributed by atoms with Crippen molar-refractivity contribution in [1.29, 1.82) is 10.5 Å². The summed E-state index contributed by atoms with van der Waals surface area (Å²) in [5, 5.41) is 20.4.